The molecule has 168 valence electrons. The van der Waals surface area contributed by atoms with Crippen LogP contribution in [0, 0.1) is 0 Å². The first kappa shape index (κ1) is 21.3. The molecule has 4 N–H and O–H groups in total. The molecule has 0 unspecified atom stereocenters. The zero-order chi connectivity index (χ0) is 22.2. The molecule has 0 spiro atoms. The number of nitrogens with zero attached hydrogens (tertiary/aromatic N) is 5. The molecule has 1 aromatic carbocycles. The molecule has 2 aliphatic rings. The number of aliphatic hydroxyl groups is 3. The Hall–Kier alpha value is -2.60. The fourth-order valence-corrected chi connectivity index (χ4v) is 4.26. The summed E-state index contributed by atoms with van der Waals surface area (Å²) in [5, 5.41) is 31.8. The van der Waals surface area contributed by atoms with Crippen LogP contribution in [0.5, 0.6) is 0 Å². The molecule has 5 rings (SSSR count). The Morgan fingerprint density at radius 2 is 1.97 bits per heavy atom. The second-order valence-corrected chi connectivity index (χ2v) is 8.14. The van der Waals surface area contributed by atoms with Gasteiger partial charge in [0.15, 0.2) is 23.2 Å². The first-order valence-electron chi connectivity index (χ1n) is 10.3. The number of ether oxygens (including phenoxy) is 1. The lowest BCUT2D eigenvalue weighted by atomic mass is 10.0. The first-order chi connectivity index (χ1) is 15.5. The number of hydrazine groups is 1. The fourth-order valence-electron chi connectivity index (χ4n) is 4.10. The van der Waals surface area contributed by atoms with Crippen molar-refractivity contribution in [3.63, 3.8) is 0 Å². The number of aliphatic hydroxyl groups excluding tert-OH is 3. The standard InChI is InChI=1S/C21H23ClN6O4/c22-21-24-18(26-27-8-6-13(7-9-27)12-4-2-1-3-5-12)15-19(25-21)28(11-23-15)20-17(31)16(30)14(10-29)32-20/h1-6,11,14,16-17,20,29-31H,7-10H2,(H,24,25,26)/t14-,16-,17-,20-/m1/s1. The van der Waals surface area contributed by atoms with E-state index in [9.17, 15) is 15.3 Å². The first-order valence-corrected chi connectivity index (χ1v) is 10.7. The van der Waals surface area contributed by atoms with Gasteiger partial charge in [0.1, 0.15) is 18.3 Å². The zero-order valence-electron chi connectivity index (χ0n) is 17.0. The molecule has 2 aliphatic heterocycles. The van der Waals surface area contributed by atoms with Crippen LogP contribution in [-0.2, 0) is 4.74 Å². The van der Waals surface area contributed by atoms with Crippen molar-refractivity contribution in [1.82, 2.24) is 24.5 Å². The van der Waals surface area contributed by atoms with Crippen LogP contribution < -0.4 is 5.43 Å². The van der Waals surface area contributed by atoms with Gasteiger partial charge in [-0.3, -0.25) is 4.57 Å². The highest BCUT2D eigenvalue weighted by Crippen LogP contribution is 2.33. The van der Waals surface area contributed by atoms with E-state index in [1.54, 1.807) is 0 Å². The average Bonchev–Trinajstić information content (AvgIpc) is 3.35. The number of aromatic nitrogens is 4. The Bertz CT molecular complexity index is 1140. The number of benzene rings is 1. The van der Waals surface area contributed by atoms with E-state index in [0.29, 0.717) is 23.5 Å². The van der Waals surface area contributed by atoms with Gasteiger partial charge in [-0.05, 0) is 29.2 Å². The molecule has 32 heavy (non-hydrogen) atoms. The summed E-state index contributed by atoms with van der Waals surface area (Å²) in [5.41, 5.74) is 6.58. The van der Waals surface area contributed by atoms with Crippen molar-refractivity contribution < 1.29 is 20.1 Å². The van der Waals surface area contributed by atoms with E-state index >= 15 is 0 Å². The molecular formula is C21H23ClN6O4. The maximum Gasteiger partial charge on any atom is 0.226 e. The van der Waals surface area contributed by atoms with Gasteiger partial charge in [-0.2, -0.15) is 9.97 Å². The van der Waals surface area contributed by atoms with E-state index in [1.165, 1.54) is 22.0 Å². The van der Waals surface area contributed by atoms with Crippen LogP contribution in [0.25, 0.3) is 16.7 Å². The van der Waals surface area contributed by atoms with Crippen LogP contribution in [0.15, 0.2) is 42.7 Å². The van der Waals surface area contributed by atoms with Gasteiger partial charge >= 0.3 is 0 Å². The Labute approximate surface area is 188 Å². The predicted octanol–water partition coefficient (Wildman–Crippen LogP) is 1.21. The van der Waals surface area contributed by atoms with Crippen molar-refractivity contribution in [1.29, 1.82) is 0 Å². The smallest absolute Gasteiger partial charge is 0.226 e. The summed E-state index contributed by atoms with van der Waals surface area (Å²) in [4.78, 5) is 12.9. The van der Waals surface area contributed by atoms with E-state index in [4.69, 9.17) is 16.3 Å². The van der Waals surface area contributed by atoms with Crippen LogP contribution in [0.4, 0.5) is 5.82 Å². The predicted molar refractivity (Wildman–Crippen MR) is 118 cm³/mol. The highest BCUT2D eigenvalue weighted by Gasteiger charge is 2.44. The molecule has 11 heteroatoms. The number of anilines is 1. The third-order valence-electron chi connectivity index (χ3n) is 5.80. The van der Waals surface area contributed by atoms with Crippen molar-refractivity contribution in [2.24, 2.45) is 0 Å². The monoisotopic (exact) mass is 458 g/mol. The normalized spacial score (nSPS) is 26.4. The van der Waals surface area contributed by atoms with Crippen LogP contribution in [0.2, 0.25) is 5.28 Å². The van der Waals surface area contributed by atoms with Gasteiger partial charge in [-0.15, -0.1) is 0 Å². The number of hydrogen-bond acceptors (Lipinski definition) is 9. The summed E-state index contributed by atoms with van der Waals surface area (Å²) in [6, 6.07) is 10.3. The SMILES string of the molecule is OC[C@H]1O[C@@H](n2cnc3c(NN4CC=C(c5ccccc5)CC4)nc(Cl)nc32)[C@H](O)[C@@H]1O. The molecule has 0 aliphatic carbocycles. The van der Waals surface area contributed by atoms with Crippen LogP contribution in [0.3, 0.4) is 0 Å². The van der Waals surface area contributed by atoms with E-state index in [1.807, 2.05) is 23.2 Å². The van der Waals surface area contributed by atoms with Gasteiger partial charge in [0.2, 0.25) is 5.28 Å². The van der Waals surface area contributed by atoms with Gasteiger partial charge in [0.25, 0.3) is 0 Å². The Kier molecular flexibility index (Phi) is 5.80. The van der Waals surface area contributed by atoms with Gasteiger partial charge in [-0.25, -0.2) is 9.99 Å². The third-order valence-corrected chi connectivity index (χ3v) is 5.97. The van der Waals surface area contributed by atoms with E-state index in [0.717, 1.165) is 13.0 Å². The minimum atomic E-state index is -1.25. The van der Waals surface area contributed by atoms with E-state index in [2.05, 4.69) is 38.6 Å². The van der Waals surface area contributed by atoms with Crippen molar-refractivity contribution in [3.8, 4) is 0 Å². The summed E-state index contributed by atoms with van der Waals surface area (Å²) in [6.07, 6.45) is 0.151. The minimum Gasteiger partial charge on any atom is -0.394 e. The average molecular weight is 459 g/mol. The second kappa shape index (κ2) is 8.74. The maximum absolute atomic E-state index is 10.4. The molecule has 2 aromatic heterocycles. The number of imidazole rings is 1. The number of hydrogen-bond donors (Lipinski definition) is 4. The number of nitrogens with one attached hydrogen (secondary N) is 1. The molecule has 10 nitrogen and oxygen atoms in total. The van der Waals surface area contributed by atoms with Gasteiger partial charge in [0, 0.05) is 13.1 Å². The van der Waals surface area contributed by atoms with Gasteiger partial charge in [-0.1, -0.05) is 36.4 Å². The van der Waals surface area contributed by atoms with Crippen molar-refractivity contribution in [3.05, 3.63) is 53.6 Å². The summed E-state index contributed by atoms with van der Waals surface area (Å²) in [7, 11) is 0. The second-order valence-electron chi connectivity index (χ2n) is 7.80. The topological polar surface area (TPSA) is 129 Å². The molecule has 1 fully saturated rings. The summed E-state index contributed by atoms with van der Waals surface area (Å²) in [6.45, 7) is 1.01. The molecular weight excluding hydrogens is 436 g/mol. The Balaban J connectivity index is 1.39. The van der Waals surface area contributed by atoms with E-state index < -0.39 is 31.1 Å². The molecule has 0 bridgehead atoms. The number of rotatable bonds is 5. The summed E-state index contributed by atoms with van der Waals surface area (Å²) in [5.74, 6) is 0.432. The third kappa shape index (κ3) is 3.85. The van der Waals surface area contributed by atoms with Crippen LogP contribution in [0.1, 0.15) is 18.2 Å². The molecule has 0 radical (unpaired) electrons. The quantitative estimate of drug-likeness (QED) is 0.417. The lowest BCUT2D eigenvalue weighted by molar-refractivity contribution is -0.0511. The lowest BCUT2D eigenvalue weighted by Crippen LogP contribution is -2.34. The highest BCUT2D eigenvalue weighted by molar-refractivity contribution is 6.28. The molecule has 1 saturated heterocycles. The zero-order valence-corrected chi connectivity index (χ0v) is 17.8. The van der Waals surface area contributed by atoms with Crippen LogP contribution in [-0.4, -0.2) is 77.9 Å². The Morgan fingerprint density at radius 1 is 1.16 bits per heavy atom. The lowest BCUT2D eigenvalue weighted by Gasteiger charge is -2.27. The Morgan fingerprint density at radius 3 is 2.66 bits per heavy atom. The largest absolute Gasteiger partial charge is 0.394 e. The van der Waals surface area contributed by atoms with Crippen LogP contribution >= 0.6 is 11.6 Å². The number of halogens is 1. The summed E-state index contributed by atoms with van der Waals surface area (Å²) >= 11 is 6.17. The van der Waals surface area contributed by atoms with Crippen molar-refractivity contribution in [2.45, 2.75) is 31.0 Å². The van der Waals surface area contributed by atoms with Crippen molar-refractivity contribution >= 4 is 34.2 Å². The van der Waals surface area contributed by atoms with Crippen molar-refractivity contribution in [2.75, 3.05) is 25.1 Å². The fraction of sp³-hybridized carbons (Fsp3) is 0.381. The maximum atomic E-state index is 10.4. The summed E-state index contributed by atoms with van der Waals surface area (Å²) < 4.78 is 7.09. The van der Waals surface area contributed by atoms with E-state index in [-0.39, 0.29) is 5.28 Å². The van der Waals surface area contributed by atoms with Gasteiger partial charge in [0.05, 0.1) is 12.9 Å². The van der Waals surface area contributed by atoms with Gasteiger partial charge < -0.3 is 25.5 Å². The minimum absolute atomic E-state index is 0.00557. The molecule has 3 aromatic rings. The molecule has 0 amide bonds. The molecule has 0 saturated carbocycles. The highest BCUT2D eigenvalue weighted by atomic mass is 35.5. The number of fused-ring (bicyclic) bond motifs is 1. The molecule has 4 heterocycles. The molecule has 4 atom stereocenters.